The molecule has 5 nitrogen and oxygen atoms in total. The van der Waals surface area contributed by atoms with Crippen LogP contribution in [0.1, 0.15) is 15.9 Å². The summed E-state index contributed by atoms with van der Waals surface area (Å²) >= 11 is 0. The van der Waals surface area contributed by atoms with E-state index < -0.39 is 17.5 Å². The minimum Gasteiger partial charge on any atom is -0.323 e. The molecule has 0 radical (unpaired) electrons. The van der Waals surface area contributed by atoms with E-state index in [1.54, 1.807) is 54.9 Å². The van der Waals surface area contributed by atoms with Crippen molar-refractivity contribution in [1.29, 1.82) is 0 Å². The smallest absolute Gasteiger partial charge is 0.255 e. The molecule has 0 bridgehead atoms. The van der Waals surface area contributed by atoms with Gasteiger partial charge in [0.1, 0.15) is 0 Å². The lowest BCUT2D eigenvalue weighted by molar-refractivity contribution is -0.111. The number of pyridine rings is 1. The summed E-state index contributed by atoms with van der Waals surface area (Å²) in [5.74, 6) is -2.99. The van der Waals surface area contributed by atoms with E-state index in [1.807, 2.05) is 0 Å². The van der Waals surface area contributed by atoms with Crippen LogP contribution in [-0.4, -0.2) is 16.8 Å². The van der Waals surface area contributed by atoms with Crippen LogP contribution >= 0.6 is 0 Å². The SMILES string of the molecule is O=C(/C=C/c1ccncc1)Nc1ccc(NC(=O)c2ccc(F)c(F)c2)cc1. The highest BCUT2D eigenvalue weighted by Gasteiger charge is 2.10. The van der Waals surface area contributed by atoms with E-state index in [0.29, 0.717) is 11.4 Å². The predicted molar refractivity (Wildman–Crippen MR) is 103 cm³/mol. The summed E-state index contributed by atoms with van der Waals surface area (Å²) in [6, 6.07) is 12.8. The van der Waals surface area contributed by atoms with E-state index in [9.17, 15) is 18.4 Å². The summed E-state index contributed by atoms with van der Waals surface area (Å²) in [7, 11) is 0. The molecule has 3 aromatic rings. The molecule has 0 atom stereocenters. The highest BCUT2D eigenvalue weighted by atomic mass is 19.2. The molecule has 0 aliphatic carbocycles. The van der Waals surface area contributed by atoms with Crippen LogP contribution in [0.5, 0.6) is 0 Å². The van der Waals surface area contributed by atoms with Crippen molar-refractivity contribution >= 4 is 29.3 Å². The van der Waals surface area contributed by atoms with Crippen LogP contribution in [0.2, 0.25) is 0 Å². The van der Waals surface area contributed by atoms with Crippen molar-refractivity contribution in [2.75, 3.05) is 10.6 Å². The molecule has 0 spiro atoms. The maximum Gasteiger partial charge on any atom is 0.255 e. The van der Waals surface area contributed by atoms with Crippen molar-refractivity contribution in [1.82, 2.24) is 4.98 Å². The summed E-state index contributed by atoms with van der Waals surface area (Å²) < 4.78 is 26.2. The number of aromatic nitrogens is 1. The lowest BCUT2D eigenvalue weighted by Gasteiger charge is -2.07. The van der Waals surface area contributed by atoms with Gasteiger partial charge in [-0.1, -0.05) is 0 Å². The Bertz CT molecular complexity index is 1020. The Kier molecular flexibility index (Phi) is 5.86. The molecule has 0 aliphatic heterocycles. The van der Waals surface area contributed by atoms with Crippen LogP contribution in [0, 0.1) is 11.6 Å². The molecular formula is C21H15F2N3O2. The summed E-state index contributed by atoms with van der Waals surface area (Å²) in [4.78, 5) is 27.9. The average Bonchev–Trinajstić information content (AvgIpc) is 2.71. The van der Waals surface area contributed by atoms with Gasteiger partial charge in [0, 0.05) is 35.4 Å². The van der Waals surface area contributed by atoms with Crippen LogP contribution < -0.4 is 10.6 Å². The van der Waals surface area contributed by atoms with Gasteiger partial charge in [-0.3, -0.25) is 14.6 Å². The Labute approximate surface area is 159 Å². The van der Waals surface area contributed by atoms with Gasteiger partial charge in [0.05, 0.1) is 0 Å². The number of nitrogens with one attached hydrogen (secondary N) is 2. The van der Waals surface area contributed by atoms with Gasteiger partial charge in [0.25, 0.3) is 5.91 Å². The number of nitrogens with zero attached hydrogens (tertiary/aromatic N) is 1. The van der Waals surface area contributed by atoms with Gasteiger partial charge >= 0.3 is 0 Å². The van der Waals surface area contributed by atoms with E-state index in [1.165, 1.54) is 12.1 Å². The second kappa shape index (κ2) is 8.68. The Morgan fingerprint density at radius 3 is 2.11 bits per heavy atom. The number of amides is 2. The van der Waals surface area contributed by atoms with E-state index in [-0.39, 0.29) is 11.5 Å². The first kappa shape index (κ1) is 18.9. The predicted octanol–water partition coefficient (Wildman–Crippen LogP) is 4.26. The fourth-order valence-electron chi connectivity index (χ4n) is 2.31. The van der Waals surface area contributed by atoms with E-state index in [2.05, 4.69) is 15.6 Å². The third-order valence-corrected chi connectivity index (χ3v) is 3.73. The standard InChI is InChI=1S/C21H15F2N3O2/c22-18-7-2-15(13-19(18)23)21(28)26-17-5-3-16(4-6-17)25-20(27)8-1-14-9-11-24-12-10-14/h1-13H,(H,25,27)(H,26,28)/b8-1+. The van der Waals surface area contributed by atoms with Gasteiger partial charge in [0.15, 0.2) is 11.6 Å². The molecule has 2 aromatic carbocycles. The molecule has 3 rings (SSSR count). The van der Waals surface area contributed by atoms with Gasteiger partial charge in [-0.2, -0.15) is 0 Å². The Hall–Kier alpha value is -3.87. The Balaban J connectivity index is 1.58. The molecule has 1 heterocycles. The van der Waals surface area contributed by atoms with Gasteiger partial charge < -0.3 is 10.6 Å². The van der Waals surface area contributed by atoms with Crippen LogP contribution in [0.25, 0.3) is 6.08 Å². The van der Waals surface area contributed by atoms with Crippen LogP contribution in [-0.2, 0) is 4.79 Å². The normalized spacial score (nSPS) is 10.6. The first-order valence-corrected chi connectivity index (χ1v) is 8.27. The van der Waals surface area contributed by atoms with Crippen molar-refractivity contribution in [3.05, 3.63) is 95.8 Å². The molecule has 2 amide bonds. The lowest BCUT2D eigenvalue weighted by Crippen LogP contribution is -2.12. The fraction of sp³-hybridized carbons (Fsp3) is 0. The quantitative estimate of drug-likeness (QED) is 0.651. The van der Waals surface area contributed by atoms with Crippen molar-refractivity contribution < 1.29 is 18.4 Å². The Morgan fingerprint density at radius 1 is 0.821 bits per heavy atom. The Morgan fingerprint density at radius 2 is 1.46 bits per heavy atom. The zero-order chi connectivity index (χ0) is 19.9. The number of anilines is 2. The van der Waals surface area contributed by atoms with E-state index in [4.69, 9.17) is 0 Å². The molecule has 28 heavy (non-hydrogen) atoms. The molecule has 0 unspecified atom stereocenters. The molecule has 7 heteroatoms. The summed E-state index contributed by atoms with van der Waals surface area (Å²) in [5, 5.41) is 5.26. The highest BCUT2D eigenvalue weighted by Crippen LogP contribution is 2.16. The van der Waals surface area contributed by atoms with Crippen molar-refractivity contribution in [2.24, 2.45) is 0 Å². The summed E-state index contributed by atoms with van der Waals surface area (Å²) in [6.45, 7) is 0. The maximum atomic E-state index is 13.2. The molecule has 0 aliphatic rings. The van der Waals surface area contributed by atoms with Crippen LogP contribution in [0.3, 0.4) is 0 Å². The van der Waals surface area contributed by atoms with E-state index in [0.717, 1.165) is 17.7 Å². The summed E-state index contributed by atoms with van der Waals surface area (Å²) in [6.07, 6.45) is 6.32. The topological polar surface area (TPSA) is 71.1 Å². The fourth-order valence-corrected chi connectivity index (χ4v) is 2.31. The van der Waals surface area contributed by atoms with Crippen LogP contribution in [0.4, 0.5) is 20.2 Å². The van der Waals surface area contributed by atoms with Gasteiger partial charge in [-0.25, -0.2) is 8.78 Å². The lowest BCUT2D eigenvalue weighted by atomic mass is 10.2. The number of halogens is 2. The minimum atomic E-state index is -1.09. The second-order valence-corrected chi connectivity index (χ2v) is 5.76. The third kappa shape index (κ3) is 5.07. The van der Waals surface area contributed by atoms with Gasteiger partial charge in [0.2, 0.25) is 5.91 Å². The number of carbonyl (C=O) groups excluding carboxylic acids is 2. The van der Waals surface area contributed by atoms with Crippen molar-refractivity contribution in [2.45, 2.75) is 0 Å². The highest BCUT2D eigenvalue weighted by molar-refractivity contribution is 6.05. The number of hydrogen-bond acceptors (Lipinski definition) is 3. The molecule has 0 saturated carbocycles. The molecule has 2 N–H and O–H groups in total. The second-order valence-electron chi connectivity index (χ2n) is 5.76. The summed E-state index contributed by atoms with van der Waals surface area (Å²) in [5.41, 5.74) is 1.83. The number of carbonyl (C=O) groups is 2. The van der Waals surface area contributed by atoms with Crippen molar-refractivity contribution in [3.63, 3.8) is 0 Å². The number of benzene rings is 2. The monoisotopic (exact) mass is 379 g/mol. The molecule has 1 aromatic heterocycles. The first-order valence-electron chi connectivity index (χ1n) is 8.27. The first-order chi connectivity index (χ1) is 13.5. The maximum absolute atomic E-state index is 13.2. The number of hydrogen-bond donors (Lipinski definition) is 2. The number of rotatable bonds is 5. The van der Waals surface area contributed by atoms with Crippen LogP contribution in [0.15, 0.2) is 73.1 Å². The third-order valence-electron chi connectivity index (χ3n) is 3.73. The zero-order valence-electron chi connectivity index (χ0n) is 14.5. The van der Waals surface area contributed by atoms with Crippen molar-refractivity contribution in [3.8, 4) is 0 Å². The molecule has 0 fully saturated rings. The average molecular weight is 379 g/mol. The zero-order valence-corrected chi connectivity index (χ0v) is 14.5. The van der Waals surface area contributed by atoms with Gasteiger partial charge in [-0.15, -0.1) is 0 Å². The largest absolute Gasteiger partial charge is 0.323 e. The van der Waals surface area contributed by atoms with E-state index >= 15 is 0 Å². The van der Waals surface area contributed by atoms with Gasteiger partial charge in [-0.05, 0) is 66.2 Å². The molecule has 140 valence electrons. The molecular weight excluding hydrogens is 364 g/mol. The molecule has 0 saturated heterocycles. The minimum absolute atomic E-state index is 0.00229.